The number of hydrogen-bond donors (Lipinski definition) is 1. The Hall–Kier alpha value is -2.58. The molecule has 0 saturated carbocycles. The molecule has 0 amide bonds. The molecule has 0 spiro atoms. The predicted molar refractivity (Wildman–Crippen MR) is 100 cm³/mol. The number of nitrogens with zero attached hydrogens (tertiary/aromatic N) is 2. The van der Waals surface area contributed by atoms with Gasteiger partial charge in [0, 0.05) is 25.9 Å². The Bertz CT molecular complexity index is 908. The third-order valence-corrected chi connectivity index (χ3v) is 5.42. The number of benzene rings is 2. The zero-order valence-corrected chi connectivity index (χ0v) is 15.9. The van der Waals surface area contributed by atoms with Crippen molar-refractivity contribution in [1.29, 1.82) is 0 Å². The van der Waals surface area contributed by atoms with Crippen molar-refractivity contribution in [3.63, 3.8) is 0 Å². The van der Waals surface area contributed by atoms with E-state index in [9.17, 15) is 13.5 Å². The first-order chi connectivity index (χ1) is 12.3. The van der Waals surface area contributed by atoms with E-state index in [4.69, 9.17) is 9.47 Å². The van der Waals surface area contributed by atoms with Crippen LogP contribution in [0, 0.1) is 0 Å². The molecule has 0 saturated heterocycles. The Labute approximate surface area is 153 Å². The molecule has 8 heteroatoms. The van der Waals surface area contributed by atoms with Gasteiger partial charge in [0.25, 0.3) is 0 Å². The predicted octanol–water partition coefficient (Wildman–Crippen LogP) is 2.80. The summed E-state index contributed by atoms with van der Waals surface area (Å²) in [6.07, 6.45) is 1.45. The minimum atomic E-state index is -3.68. The largest absolute Gasteiger partial charge is 0.504 e. The number of hydrogen-bond acceptors (Lipinski definition) is 6. The molecule has 0 heterocycles. The van der Waals surface area contributed by atoms with Crippen LogP contribution in [0.1, 0.15) is 12.5 Å². The van der Waals surface area contributed by atoms with Gasteiger partial charge in [-0.2, -0.15) is 0 Å². The van der Waals surface area contributed by atoms with Crippen LogP contribution in [0.2, 0.25) is 0 Å². The van der Waals surface area contributed by atoms with Crippen LogP contribution in [0.3, 0.4) is 0 Å². The van der Waals surface area contributed by atoms with Crippen LogP contribution in [-0.4, -0.2) is 51.9 Å². The Morgan fingerprint density at radius 2 is 1.92 bits per heavy atom. The SMILES string of the molecule is CCOc1cccc(C=Nc2ccc(OC)c(S(=O)(=O)N(C)C)c2)c1O. The van der Waals surface area contributed by atoms with Crippen LogP contribution >= 0.6 is 0 Å². The van der Waals surface area contributed by atoms with Crippen LogP contribution in [0.5, 0.6) is 17.2 Å². The molecule has 0 unspecified atom stereocenters. The van der Waals surface area contributed by atoms with Gasteiger partial charge in [-0.25, -0.2) is 12.7 Å². The molecule has 0 bridgehead atoms. The molecule has 2 aromatic carbocycles. The van der Waals surface area contributed by atoms with Gasteiger partial charge in [-0.05, 0) is 37.3 Å². The number of rotatable bonds is 7. The van der Waals surface area contributed by atoms with E-state index in [1.807, 2.05) is 6.92 Å². The van der Waals surface area contributed by atoms with Gasteiger partial charge in [-0.1, -0.05) is 6.07 Å². The fraction of sp³-hybridized carbons (Fsp3) is 0.278. The summed E-state index contributed by atoms with van der Waals surface area (Å²) in [6, 6.07) is 9.68. The van der Waals surface area contributed by atoms with Crippen molar-refractivity contribution in [3.05, 3.63) is 42.0 Å². The van der Waals surface area contributed by atoms with Crippen LogP contribution < -0.4 is 9.47 Å². The van der Waals surface area contributed by atoms with E-state index in [1.54, 1.807) is 30.3 Å². The zero-order chi connectivity index (χ0) is 19.3. The van der Waals surface area contributed by atoms with Crippen LogP contribution in [0.4, 0.5) is 5.69 Å². The first-order valence-electron chi connectivity index (χ1n) is 7.90. The first kappa shape index (κ1) is 19.7. The smallest absolute Gasteiger partial charge is 0.246 e. The highest BCUT2D eigenvalue weighted by atomic mass is 32.2. The second-order valence-electron chi connectivity index (χ2n) is 5.51. The first-order valence-corrected chi connectivity index (χ1v) is 9.34. The maximum atomic E-state index is 12.4. The van der Waals surface area contributed by atoms with Crippen molar-refractivity contribution in [3.8, 4) is 17.2 Å². The molecule has 2 rings (SSSR count). The van der Waals surface area contributed by atoms with E-state index in [-0.39, 0.29) is 16.4 Å². The number of aliphatic imine (C=N–C) groups is 1. The fourth-order valence-electron chi connectivity index (χ4n) is 2.20. The molecule has 0 aromatic heterocycles. The average molecular weight is 378 g/mol. The van der Waals surface area contributed by atoms with Crippen molar-refractivity contribution in [2.75, 3.05) is 27.8 Å². The van der Waals surface area contributed by atoms with Crippen LogP contribution in [-0.2, 0) is 10.0 Å². The van der Waals surface area contributed by atoms with E-state index in [0.717, 1.165) is 4.31 Å². The molecule has 0 aliphatic carbocycles. The monoisotopic (exact) mass is 378 g/mol. The van der Waals surface area contributed by atoms with Crippen LogP contribution in [0.25, 0.3) is 0 Å². The van der Waals surface area contributed by atoms with E-state index in [2.05, 4.69) is 4.99 Å². The molecule has 1 N–H and O–H groups in total. The molecule has 140 valence electrons. The molecule has 0 fully saturated rings. The Balaban J connectivity index is 2.42. The van der Waals surface area contributed by atoms with E-state index in [1.165, 1.54) is 33.5 Å². The molecule has 0 atom stereocenters. The minimum Gasteiger partial charge on any atom is -0.504 e. The van der Waals surface area contributed by atoms with Crippen LogP contribution in [0.15, 0.2) is 46.3 Å². The second kappa shape index (κ2) is 8.20. The van der Waals surface area contributed by atoms with Crippen molar-refractivity contribution in [2.24, 2.45) is 4.99 Å². The lowest BCUT2D eigenvalue weighted by atomic mass is 10.2. The van der Waals surface area contributed by atoms with E-state index >= 15 is 0 Å². The minimum absolute atomic E-state index is 0.0203. The number of ether oxygens (including phenoxy) is 2. The Kier molecular flexibility index (Phi) is 6.23. The van der Waals surface area contributed by atoms with Gasteiger partial charge in [-0.15, -0.1) is 0 Å². The lowest BCUT2D eigenvalue weighted by molar-refractivity contribution is 0.318. The summed E-state index contributed by atoms with van der Waals surface area (Å²) >= 11 is 0. The van der Waals surface area contributed by atoms with Gasteiger partial charge in [0.05, 0.1) is 19.4 Å². The van der Waals surface area contributed by atoms with E-state index < -0.39 is 10.0 Å². The summed E-state index contributed by atoms with van der Waals surface area (Å²) in [7, 11) is 0.618. The molecule has 0 aliphatic rings. The second-order valence-corrected chi connectivity index (χ2v) is 7.63. The van der Waals surface area contributed by atoms with Crippen molar-refractivity contribution in [2.45, 2.75) is 11.8 Å². The summed E-state index contributed by atoms with van der Waals surface area (Å²) in [5, 5.41) is 10.2. The standard InChI is InChI=1S/C18H22N2O5S/c1-5-25-16-8-6-7-13(18(16)21)12-19-14-9-10-15(24-4)17(11-14)26(22,23)20(2)3/h6-12,21H,5H2,1-4H3. The van der Waals surface area contributed by atoms with Gasteiger partial charge in [0.2, 0.25) is 10.0 Å². The number of para-hydroxylation sites is 1. The van der Waals surface area contributed by atoms with E-state index in [0.29, 0.717) is 23.6 Å². The Morgan fingerprint density at radius 3 is 2.54 bits per heavy atom. The third-order valence-electron chi connectivity index (χ3n) is 3.59. The molecule has 0 aliphatic heterocycles. The molecule has 0 radical (unpaired) electrons. The number of sulfonamides is 1. The quantitative estimate of drug-likeness (QED) is 0.749. The fourth-order valence-corrected chi connectivity index (χ4v) is 3.27. The maximum Gasteiger partial charge on any atom is 0.246 e. The summed E-state index contributed by atoms with van der Waals surface area (Å²) in [5.74, 6) is 0.577. The van der Waals surface area contributed by atoms with Gasteiger partial charge >= 0.3 is 0 Å². The van der Waals surface area contributed by atoms with Crippen molar-refractivity contribution < 1.29 is 23.0 Å². The highest BCUT2D eigenvalue weighted by molar-refractivity contribution is 7.89. The van der Waals surface area contributed by atoms with Crippen molar-refractivity contribution in [1.82, 2.24) is 4.31 Å². The number of methoxy groups -OCH3 is 1. The summed E-state index contributed by atoms with van der Waals surface area (Å²) in [5.41, 5.74) is 0.872. The average Bonchev–Trinajstić information content (AvgIpc) is 2.62. The summed E-state index contributed by atoms with van der Waals surface area (Å²) < 4.78 is 36.5. The molecular weight excluding hydrogens is 356 g/mol. The summed E-state index contributed by atoms with van der Waals surface area (Å²) in [6.45, 7) is 2.25. The maximum absolute atomic E-state index is 12.4. The van der Waals surface area contributed by atoms with Gasteiger partial charge in [0.1, 0.15) is 10.6 Å². The van der Waals surface area contributed by atoms with Gasteiger partial charge < -0.3 is 14.6 Å². The Morgan fingerprint density at radius 1 is 1.19 bits per heavy atom. The molecule has 26 heavy (non-hydrogen) atoms. The highest BCUT2D eigenvalue weighted by Crippen LogP contribution is 2.31. The lowest BCUT2D eigenvalue weighted by Crippen LogP contribution is -2.22. The number of phenols is 1. The normalized spacial score (nSPS) is 11.9. The lowest BCUT2D eigenvalue weighted by Gasteiger charge is -2.14. The zero-order valence-electron chi connectivity index (χ0n) is 15.1. The topological polar surface area (TPSA) is 88.4 Å². The summed E-state index contributed by atoms with van der Waals surface area (Å²) in [4.78, 5) is 4.29. The molecule has 2 aromatic rings. The number of aromatic hydroxyl groups is 1. The van der Waals surface area contributed by atoms with Gasteiger partial charge in [-0.3, -0.25) is 4.99 Å². The number of phenolic OH excluding ortho intramolecular Hbond substituents is 1. The highest BCUT2D eigenvalue weighted by Gasteiger charge is 2.22. The van der Waals surface area contributed by atoms with Crippen molar-refractivity contribution >= 4 is 21.9 Å². The molecule has 7 nitrogen and oxygen atoms in total. The third kappa shape index (κ3) is 4.14. The van der Waals surface area contributed by atoms with Gasteiger partial charge in [0.15, 0.2) is 11.5 Å². The molecular formula is C18H22N2O5S.